The Labute approximate surface area is 152 Å². The number of imidazole rings is 1. The molecule has 6 heteroatoms. The van der Waals surface area contributed by atoms with Gasteiger partial charge in [0.05, 0.1) is 5.56 Å². The van der Waals surface area contributed by atoms with E-state index in [1.54, 1.807) is 30.6 Å². The molecule has 4 nitrogen and oxygen atoms in total. The molecule has 0 bridgehead atoms. The summed E-state index contributed by atoms with van der Waals surface area (Å²) in [6, 6.07) is 13.0. The van der Waals surface area contributed by atoms with E-state index in [2.05, 4.69) is 32.9 Å². The number of aryl methyl sites for hydroxylation is 1. The fraction of sp³-hybridized carbons (Fsp3) is 0.111. The molecule has 1 amide bonds. The molecule has 0 spiro atoms. The van der Waals surface area contributed by atoms with Crippen LogP contribution >= 0.6 is 22.6 Å². The van der Waals surface area contributed by atoms with Gasteiger partial charge in [-0.1, -0.05) is 24.3 Å². The van der Waals surface area contributed by atoms with Gasteiger partial charge in [0.15, 0.2) is 0 Å². The number of hydrogen-bond acceptors (Lipinski definition) is 2. The summed E-state index contributed by atoms with van der Waals surface area (Å²) in [5, 5.41) is 2.97. The van der Waals surface area contributed by atoms with Gasteiger partial charge in [-0.25, -0.2) is 9.37 Å². The fourth-order valence-electron chi connectivity index (χ4n) is 2.49. The third-order valence-corrected chi connectivity index (χ3v) is 4.63. The summed E-state index contributed by atoms with van der Waals surface area (Å²) in [4.78, 5) is 17.0. The first-order valence-electron chi connectivity index (χ1n) is 7.34. The molecule has 0 unspecified atom stereocenters. The predicted molar refractivity (Wildman–Crippen MR) is 98.1 cm³/mol. The van der Waals surface area contributed by atoms with Crippen molar-refractivity contribution in [3.05, 3.63) is 87.3 Å². The topological polar surface area (TPSA) is 46.9 Å². The van der Waals surface area contributed by atoms with E-state index in [1.807, 2.05) is 29.8 Å². The van der Waals surface area contributed by atoms with Crippen LogP contribution in [0.3, 0.4) is 0 Å². The second kappa shape index (κ2) is 7.12. The molecular weight excluding hydrogens is 420 g/mol. The monoisotopic (exact) mass is 435 g/mol. The Morgan fingerprint density at radius 2 is 2.04 bits per heavy atom. The first kappa shape index (κ1) is 16.6. The van der Waals surface area contributed by atoms with Gasteiger partial charge >= 0.3 is 0 Å². The normalized spacial score (nSPS) is 12.0. The van der Waals surface area contributed by atoms with Gasteiger partial charge in [0.2, 0.25) is 0 Å². The Kier molecular flexibility index (Phi) is 4.94. The molecule has 2 aromatic carbocycles. The average molecular weight is 435 g/mol. The maximum atomic E-state index is 13.7. The summed E-state index contributed by atoms with van der Waals surface area (Å²) in [6.45, 7) is 0. The minimum absolute atomic E-state index is 0.225. The van der Waals surface area contributed by atoms with E-state index in [0.29, 0.717) is 17.0 Å². The van der Waals surface area contributed by atoms with Crippen molar-refractivity contribution >= 4 is 28.5 Å². The molecule has 1 N–H and O–H groups in total. The van der Waals surface area contributed by atoms with Crippen LogP contribution in [0, 0.1) is 9.39 Å². The quantitative estimate of drug-likeness (QED) is 0.636. The van der Waals surface area contributed by atoms with Crippen molar-refractivity contribution in [3.63, 3.8) is 0 Å². The summed E-state index contributed by atoms with van der Waals surface area (Å²) < 4.78 is 16.3. The number of amides is 1. The third kappa shape index (κ3) is 3.48. The number of carbonyl (C=O) groups is 1. The number of hydrogen-bond donors (Lipinski definition) is 1. The van der Waals surface area contributed by atoms with E-state index in [9.17, 15) is 9.18 Å². The highest BCUT2D eigenvalue weighted by Crippen LogP contribution is 2.22. The first-order chi connectivity index (χ1) is 11.6. The van der Waals surface area contributed by atoms with Crippen molar-refractivity contribution < 1.29 is 9.18 Å². The van der Waals surface area contributed by atoms with Gasteiger partial charge in [-0.3, -0.25) is 4.79 Å². The number of halogens is 2. The van der Waals surface area contributed by atoms with Crippen molar-refractivity contribution in [3.8, 4) is 0 Å². The molecule has 1 aromatic heterocycles. The third-order valence-electron chi connectivity index (χ3n) is 3.69. The zero-order valence-corrected chi connectivity index (χ0v) is 15.1. The van der Waals surface area contributed by atoms with Gasteiger partial charge in [0, 0.05) is 23.0 Å². The lowest BCUT2D eigenvalue weighted by molar-refractivity contribution is 0.0940. The van der Waals surface area contributed by atoms with Crippen LogP contribution in [0.4, 0.5) is 4.39 Å². The molecule has 24 heavy (non-hydrogen) atoms. The molecule has 0 aliphatic rings. The second-order valence-corrected chi connectivity index (χ2v) is 6.50. The molecule has 0 aliphatic heterocycles. The molecule has 0 aliphatic carbocycles. The fourth-order valence-corrected chi connectivity index (χ4v) is 3.12. The van der Waals surface area contributed by atoms with E-state index in [1.165, 1.54) is 12.1 Å². The lowest BCUT2D eigenvalue weighted by Gasteiger charge is -2.19. The zero-order valence-electron chi connectivity index (χ0n) is 12.9. The Morgan fingerprint density at radius 3 is 2.71 bits per heavy atom. The van der Waals surface area contributed by atoms with Crippen LogP contribution in [0.1, 0.15) is 27.8 Å². The van der Waals surface area contributed by atoms with Crippen LogP contribution in [-0.2, 0) is 7.05 Å². The summed E-state index contributed by atoms with van der Waals surface area (Å²) in [5.41, 5.74) is 1.22. The lowest BCUT2D eigenvalue weighted by Crippen LogP contribution is -2.31. The molecule has 3 aromatic rings. The molecule has 0 fully saturated rings. The molecule has 122 valence electrons. The largest absolute Gasteiger partial charge is 0.338 e. The Bertz CT molecular complexity index is 878. The second-order valence-electron chi connectivity index (χ2n) is 5.34. The maximum Gasteiger partial charge on any atom is 0.253 e. The smallest absolute Gasteiger partial charge is 0.253 e. The lowest BCUT2D eigenvalue weighted by atomic mass is 10.0. The van der Waals surface area contributed by atoms with E-state index in [-0.39, 0.29) is 11.7 Å². The van der Waals surface area contributed by atoms with Crippen molar-refractivity contribution in [1.82, 2.24) is 14.9 Å². The van der Waals surface area contributed by atoms with Gasteiger partial charge < -0.3 is 9.88 Å². The van der Waals surface area contributed by atoms with E-state index >= 15 is 0 Å². The summed E-state index contributed by atoms with van der Waals surface area (Å²) in [7, 11) is 1.84. The first-order valence-corrected chi connectivity index (χ1v) is 8.42. The van der Waals surface area contributed by atoms with Crippen molar-refractivity contribution in [1.29, 1.82) is 0 Å². The summed E-state index contributed by atoms with van der Waals surface area (Å²) in [5.74, 6) is 0.0624. The van der Waals surface area contributed by atoms with Gasteiger partial charge in [-0.05, 0) is 52.4 Å². The number of benzene rings is 2. The average Bonchev–Trinajstić information content (AvgIpc) is 2.98. The minimum atomic E-state index is -0.538. The van der Waals surface area contributed by atoms with Crippen LogP contribution in [0.5, 0.6) is 0 Å². The highest BCUT2D eigenvalue weighted by atomic mass is 127. The minimum Gasteiger partial charge on any atom is -0.338 e. The van der Waals surface area contributed by atoms with E-state index < -0.39 is 6.04 Å². The summed E-state index contributed by atoms with van der Waals surface area (Å²) >= 11 is 2.12. The molecular formula is C18H15FIN3O. The molecule has 0 radical (unpaired) electrons. The van der Waals surface area contributed by atoms with Crippen LogP contribution < -0.4 is 5.32 Å². The van der Waals surface area contributed by atoms with Crippen molar-refractivity contribution in [2.24, 2.45) is 7.05 Å². The van der Waals surface area contributed by atoms with Gasteiger partial charge in [0.1, 0.15) is 17.7 Å². The van der Waals surface area contributed by atoms with Crippen LogP contribution in [0.15, 0.2) is 60.9 Å². The molecule has 3 rings (SSSR count). The number of nitrogens with one attached hydrogen (secondary N) is 1. The van der Waals surface area contributed by atoms with Gasteiger partial charge in [-0.2, -0.15) is 0 Å². The highest BCUT2D eigenvalue weighted by molar-refractivity contribution is 14.1. The van der Waals surface area contributed by atoms with E-state index in [0.717, 1.165) is 3.57 Å². The predicted octanol–water partition coefficient (Wildman–Crippen LogP) is 3.68. The van der Waals surface area contributed by atoms with Gasteiger partial charge in [0.25, 0.3) is 5.91 Å². The highest BCUT2D eigenvalue weighted by Gasteiger charge is 2.22. The molecule has 1 atom stereocenters. The Balaban J connectivity index is 1.98. The standard InChI is InChI=1S/C18H15FIN3O/c1-23-10-9-21-17(23)16(12-5-4-6-13(19)11-12)22-18(24)14-7-2-3-8-15(14)20/h2-11,16H,1H3,(H,22,24)/t16-/m0/s1. The number of aromatic nitrogens is 2. The van der Waals surface area contributed by atoms with Gasteiger partial charge in [-0.15, -0.1) is 0 Å². The number of carbonyl (C=O) groups excluding carboxylic acids is 1. The Morgan fingerprint density at radius 1 is 1.25 bits per heavy atom. The maximum absolute atomic E-state index is 13.7. The SMILES string of the molecule is Cn1ccnc1[C@@H](NC(=O)c1ccccc1I)c1cccc(F)c1. The van der Waals surface area contributed by atoms with E-state index in [4.69, 9.17) is 0 Å². The summed E-state index contributed by atoms with van der Waals surface area (Å²) in [6.07, 6.45) is 3.44. The number of nitrogens with zero attached hydrogens (tertiary/aromatic N) is 2. The van der Waals surface area contributed by atoms with Crippen LogP contribution in [0.25, 0.3) is 0 Å². The molecule has 1 heterocycles. The van der Waals surface area contributed by atoms with Crippen molar-refractivity contribution in [2.75, 3.05) is 0 Å². The van der Waals surface area contributed by atoms with Crippen molar-refractivity contribution in [2.45, 2.75) is 6.04 Å². The molecule has 0 saturated carbocycles. The zero-order chi connectivity index (χ0) is 17.1. The van der Waals surface area contributed by atoms with Crippen LogP contribution in [-0.4, -0.2) is 15.5 Å². The Hall–Kier alpha value is -2.22. The van der Waals surface area contributed by atoms with Crippen LogP contribution in [0.2, 0.25) is 0 Å². The molecule has 0 saturated heterocycles. The number of rotatable bonds is 4.